The van der Waals surface area contributed by atoms with Crippen molar-refractivity contribution in [2.75, 3.05) is 13.1 Å². The molecule has 2 amide bonds. The highest BCUT2D eigenvalue weighted by Gasteiger charge is 2.48. The number of nitrogens with zero attached hydrogens (tertiary/aromatic N) is 1. The van der Waals surface area contributed by atoms with Crippen LogP contribution in [0.2, 0.25) is 0 Å². The van der Waals surface area contributed by atoms with E-state index in [1.54, 1.807) is 13.0 Å². The van der Waals surface area contributed by atoms with Gasteiger partial charge in [-0.05, 0) is 31.4 Å². The summed E-state index contributed by atoms with van der Waals surface area (Å²) in [5.41, 5.74) is -0.916. The molecule has 2 heterocycles. The minimum Gasteiger partial charge on any atom is -0.481 e. The Labute approximate surface area is 134 Å². The topological polar surface area (TPSA) is 99.9 Å². The summed E-state index contributed by atoms with van der Waals surface area (Å²) in [6.45, 7) is 5.83. The second-order valence-electron chi connectivity index (χ2n) is 6.30. The maximum absolute atomic E-state index is 12.5. The van der Waals surface area contributed by atoms with Crippen LogP contribution in [0.25, 0.3) is 0 Å². The van der Waals surface area contributed by atoms with Gasteiger partial charge in [0.05, 0.1) is 11.7 Å². The number of likely N-dealkylation sites (tertiary alicyclic amines) is 1. The summed E-state index contributed by atoms with van der Waals surface area (Å²) in [5.74, 6) is -1.58. The molecule has 23 heavy (non-hydrogen) atoms. The fourth-order valence-corrected chi connectivity index (χ4v) is 2.93. The Hall–Kier alpha value is -2.31. The standard InChI is InChI=1S/C16H22N2O5/c1-10(2)16(15(21)22)6-7-18(9-16)14(20)11(3)17-13(19)12-5-4-8-23-12/h4-5,8,10-11H,6-7,9H2,1-3H3,(H,17,19)(H,21,22). The van der Waals surface area contributed by atoms with Crippen LogP contribution in [-0.2, 0) is 9.59 Å². The van der Waals surface area contributed by atoms with Crippen LogP contribution in [-0.4, -0.2) is 46.9 Å². The number of hydrogen-bond acceptors (Lipinski definition) is 4. The third kappa shape index (κ3) is 3.23. The van der Waals surface area contributed by atoms with E-state index in [9.17, 15) is 19.5 Å². The summed E-state index contributed by atoms with van der Waals surface area (Å²) in [6, 6.07) is 2.35. The van der Waals surface area contributed by atoms with Crippen molar-refractivity contribution >= 4 is 17.8 Å². The fourth-order valence-electron chi connectivity index (χ4n) is 2.93. The highest BCUT2D eigenvalue weighted by Crippen LogP contribution is 2.38. The molecule has 1 aromatic heterocycles. The summed E-state index contributed by atoms with van der Waals surface area (Å²) in [6.07, 6.45) is 1.80. The van der Waals surface area contributed by atoms with Gasteiger partial charge in [-0.1, -0.05) is 13.8 Å². The fraction of sp³-hybridized carbons (Fsp3) is 0.562. The van der Waals surface area contributed by atoms with Gasteiger partial charge in [0.15, 0.2) is 5.76 Å². The van der Waals surface area contributed by atoms with Crippen LogP contribution in [0.1, 0.15) is 37.7 Å². The van der Waals surface area contributed by atoms with Gasteiger partial charge in [-0.15, -0.1) is 0 Å². The number of nitrogens with one attached hydrogen (secondary N) is 1. The Kier molecular flexibility index (Phi) is 4.77. The van der Waals surface area contributed by atoms with Crippen LogP contribution in [0.15, 0.2) is 22.8 Å². The number of amides is 2. The molecule has 1 aliphatic rings. The van der Waals surface area contributed by atoms with Gasteiger partial charge in [-0.2, -0.15) is 0 Å². The van der Waals surface area contributed by atoms with E-state index in [-0.39, 0.29) is 24.1 Å². The van der Waals surface area contributed by atoms with E-state index < -0.39 is 23.3 Å². The molecule has 0 aromatic carbocycles. The maximum atomic E-state index is 12.5. The van der Waals surface area contributed by atoms with Crippen LogP contribution >= 0.6 is 0 Å². The molecule has 7 nitrogen and oxygen atoms in total. The van der Waals surface area contributed by atoms with Crippen molar-refractivity contribution in [3.8, 4) is 0 Å². The first-order valence-electron chi connectivity index (χ1n) is 7.64. The normalized spacial score (nSPS) is 22.2. The second kappa shape index (κ2) is 6.44. The molecule has 1 saturated heterocycles. The van der Waals surface area contributed by atoms with Crippen LogP contribution in [0.3, 0.4) is 0 Å². The van der Waals surface area contributed by atoms with E-state index in [0.29, 0.717) is 13.0 Å². The van der Waals surface area contributed by atoms with E-state index in [1.165, 1.54) is 17.2 Å². The highest BCUT2D eigenvalue weighted by molar-refractivity contribution is 5.95. The predicted molar refractivity (Wildman–Crippen MR) is 81.7 cm³/mol. The summed E-state index contributed by atoms with van der Waals surface area (Å²) in [4.78, 5) is 37.5. The van der Waals surface area contributed by atoms with Crippen molar-refractivity contribution in [1.29, 1.82) is 0 Å². The molecule has 126 valence electrons. The van der Waals surface area contributed by atoms with Gasteiger partial charge in [0.2, 0.25) is 5.91 Å². The lowest BCUT2D eigenvalue weighted by Crippen LogP contribution is -2.48. The zero-order valence-electron chi connectivity index (χ0n) is 13.5. The molecule has 2 N–H and O–H groups in total. The van der Waals surface area contributed by atoms with Crippen LogP contribution in [0, 0.1) is 11.3 Å². The van der Waals surface area contributed by atoms with Gasteiger partial charge in [-0.25, -0.2) is 0 Å². The number of carbonyl (C=O) groups excluding carboxylic acids is 2. The first kappa shape index (κ1) is 17.1. The van der Waals surface area contributed by atoms with Gasteiger partial charge < -0.3 is 19.7 Å². The molecule has 2 unspecified atom stereocenters. The molecule has 0 bridgehead atoms. The van der Waals surface area contributed by atoms with Crippen LogP contribution in [0.5, 0.6) is 0 Å². The molecular weight excluding hydrogens is 300 g/mol. The molecule has 2 rings (SSSR count). The predicted octanol–water partition coefficient (Wildman–Crippen LogP) is 1.36. The molecule has 0 radical (unpaired) electrons. The summed E-state index contributed by atoms with van der Waals surface area (Å²) in [5, 5.41) is 12.1. The van der Waals surface area contributed by atoms with E-state index in [2.05, 4.69) is 5.32 Å². The van der Waals surface area contributed by atoms with Gasteiger partial charge in [-0.3, -0.25) is 14.4 Å². The van der Waals surface area contributed by atoms with Crippen molar-refractivity contribution in [3.05, 3.63) is 24.2 Å². The van der Waals surface area contributed by atoms with E-state index in [1.807, 2.05) is 13.8 Å². The molecule has 0 spiro atoms. The number of aliphatic carboxylic acids is 1. The smallest absolute Gasteiger partial charge is 0.311 e. The zero-order valence-corrected chi connectivity index (χ0v) is 13.5. The highest BCUT2D eigenvalue weighted by atomic mass is 16.4. The number of carboxylic acid groups (broad SMARTS) is 1. The minimum absolute atomic E-state index is 0.0779. The van der Waals surface area contributed by atoms with E-state index in [0.717, 1.165) is 0 Å². The average molecular weight is 322 g/mol. The SMILES string of the molecule is CC(NC(=O)c1ccco1)C(=O)N1CCC(C(=O)O)(C(C)C)C1. The third-order valence-corrected chi connectivity index (χ3v) is 4.61. The van der Waals surface area contributed by atoms with Crippen LogP contribution in [0.4, 0.5) is 0 Å². The summed E-state index contributed by atoms with van der Waals surface area (Å²) >= 11 is 0. The lowest BCUT2D eigenvalue weighted by Gasteiger charge is -2.29. The lowest BCUT2D eigenvalue weighted by molar-refractivity contribution is -0.151. The Morgan fingerprint density at radius 3 is 2.52 bits per heavy atom. The summed E-state index contributed by atoms with van der Waals surface area (Å²) in [7, 11) is 0. The number of furan rings is 1. The van der Waals surface area contributed by atoms with Gasteiger partial charge in [0, 0.05) is 13.1 Å². The molecule has 1 aromatic rings. The van der Waals surface area contributed by atoms with Crippen molar-refractivity contribution in [3.63, 3.8) is 0 Å². The maximum Gasteiger partial charge on any atom is 0.311 e. The number of rotatable bonds is 5. The third-order valence-electron chi connectivity index (χ3n) is 4.61. The van der Waals surface area contributed by atoms with Crippen molar-refractivity contribution < 1.29 is 23.9 Å². The van der Waals surface area contributed by atoms with Crippen LogP contribution < -0.4 is 5.32 Å². The lowest BCUT2D eigenvalue weighted by atomic mass is 9.76. The number of carbonyl (C=O) groups is 3. The Morgan fingerprint density at radius 1 is 1.35 bits per heavy atom. The first-order valence-corrected chi connectivity index (χ1v) is 7.64. The summed E-state index contributed by atoms with van der Waals surface area (Å²) < 4.78 is 4.98. The van der Waals surface area contributed by atoms with Crippen molar-refractivity contribution in [2.24, 2.45) is 11.3 Å². The van der Waals surface area contributed by atoms with Gasteiger partial charge in [0.25, 0.3) is 5.91 Å². The molecule has 2 atom stereocenters. The largest absolute Gasteiger partial charge is 0.481 e. The van der Waals surface area contributed by atoms with E-state index >= 15 is 0 Å². The monoisotopic (exact) mass is 322 g/mol. The second-order valence-corrected chi connectivity index (χ2v) is 6.30. The quantitative estimate of drug-likeness (QED) is 0.852. The molecule has 0 aliphatic carbocycles. The first-order chi connectivity index (χ1) is 10.8. The number of carboxylic acids is 1. The Morgan fingerprint density at radius 2 is 2.04 bits per heavy atom. The molecular formula is C16H22N2O5. The van der Waals surface area contributed by atoms with E-state index in [4.69, 9.17) is 4.42 Å². The van der Waals surface area contributed by atoms with Gasteiger partial charge >= 0.3 is 5.97 Å². The number of hydrogen-bond donors (Lipinski definition) is 2. The Bertz CT molecular complexity index is 596. The molecule has 1 aliphatic heterocycles. The zero-order chi connectivity index (χ0) is 17.2. The molecule has 0 saturated carbocycles. The van der Waals surface area contributed by atoms with Gasteiger partial charge in [0.1, 0.15) is 6.04 Å². The van der Waals surface area contributed by atoms with Crippen molar-refractivity contribution in [2.45, 2.75) is 33.2 Å². The Balaban J connectivity index is 2.01. The average Bonchev–Trinajstić information content (AvgIpc) is 3.16. The minimum atomic E-state index is -0.916. The molecule has 7 heteroatoms. The van der Waals surface area contributed by atoms with Crippen molar-refractivity contribution in [1.82, 2.24) is 10.2 Å². The molecule has 1 fully saturated rings.